The highest BCUT2D eigenvalue weighted by Crippen LogP contribution is 2.29. The van der Waals surface area contributed by atoms with E-state index < -0.39 is 6.04 Å². The summed E-state index contributed by atoms with van der Waals surface area (Å²) >= 11 is 0. The van der Waals surface area contributed by atoms with Crippen molar-refractivity contribution in [1.29, 1.82) is 0 Å². The fourth-order valence-electron chi connectivity index (χ4n) is 2.62. The van der Waals surface area contributed by atoms with E-state index in [0.29, 0.717) is 28.1 Å². The van der Waals surface area contributed by atoms with Crippen LogP contribution in [0.5, 0.6) is 11.5 Å². The van der Waals surface area contributed by atoms with Crippen LogP contribution >= 0.6 is 0 Å². The molecule has 0 spiro atoms. The predicted octanol–water partition coefficient (Wildman–Crippen LogP) is 2.61. The molecule has 0 bridgehead atoms. The van der Waals surface area contributed by atoms with Gasteiger partial charge in [0, 0.05) is 6.07 Å². The lowest BCUT2D eigenvalue weighted by molar-refractivity contribution is -0.118. The zero-order valence-electron chi connectivity index (χ0n) is 14.7. The number of hydrogen-bond acceptors (Lipinski definition) is 5. The molecule has 3 rings (SSSR count). The minimum atomic E-state index is -0.744. The molecule has 134 valence electrons. The Morgan fingerprint density at radius 3 is 2.65 bits per heavy atom. The standard InChI is InChI=1S/C19H19N3O4/c1-12(22-11-20-15-7-5-4-6-14(15)19(22)24)18(23)21-16-9-8-13(25-2)10-17(16)26-3/h4-12H,1-3H3,(H,21,23)/t12-/m0/s1. The second kappa shape index (κ2) is 7.26. The fraction of sp³-hybridized carbons (Fsp3) is 0.211. The summed E-state index contributed by atoms with van der Waals surface area (Å²) in [6.07, 6.45) is 1.39. The Bertz CT molecular complexity index is 1010. The molecule has 0 aliphatic rings. The number of fused-ring (bicyclic) bond motifs is 1. The lowest BCUT2D eigenvalue weighted by Crippen LogP contribution is -2.31. The molecule has 0 aliphatic carbocycles. The van der Waals surface area contributed by atoms with Gasteiger partial charge in [-0.3, -0.25) is 14.2 Å². The van der Waals surface area contributed by atoms with E-state index >= 15 is 0 Å². The first kappa shape index (κ1) is 17.5. The molecule has 7 nitrogen and oxygen atoms in total. The van der Waals surface area contributed by atoms with E-state index in [1.54, 1.807) is 50.4 Å². The average Bonchev–Trinajstić information content (AvgIpc) is 2.68. The maximum atomic E-state index is 12.6. The number of para-hydroxylation sites is 1. The number of methoxy groups -OCH3 is 2. The van der Waals surface area contributed by atoms with Crippen molar-refractivity contribution >= 4 is 22.5 Å². The number of nitrogens with one attached hydrogen (secondary N) is 1. The summed E-state index contributed by atoms with van der Waals surface area (Å²) in [5.41, 5.74) is 0.824. The van der Waals surface area contributed by atoms with Crippen LogP contribution in [0.25, 0.3) is 10.9 Å². The molecule has 0 saturated heterocycles. The normalized spacial score (nSPS) is 11.8. The Labute approximate surface area is 150 Å². The Morgan fingerprint density at radius 2 is 1.92 bits per heavy atom. The van der Waals surface area contributed by atoms with Gasteiger partial charge < -0.3 is 14.8 Å². The third-order valence-corrected chi connectivity index (χ3v) is 4.15. The predicted molar refractivity (Wildman–Crippen MR) is 98.9 cm³/mol. The van der Waals surface area contributed by atoms with E-state index in [1.165, 1.54) is 18.0 Å². The molecule has 3 aromatic rings. The number of benzene rings is 2. The highest BCUT2D eigenvalue weighted by molar-refractivity contribution is 5.95. The van der Waals surface area contributed by atoms with E-state index in [2.05, 4.69) is 10.3 Å². The minimum Gasteiger partial charge on any atom is -0.497 e. The van der Waals surface area contributed by atoms with Gasteiger partial charge in [-0.05, 0) is 31.2 Å². The van der Waals surface area contributed by atoms with Crippen LogP contribution in [0.2, 0.25) is 0 Å². The maximum Gasteiger partial charge on any atom is 0.261 e. The van der Waals surface area contributed by atoms with Crippen LogP contribution < -0.4 is 20.3 Å². The van der Waals surface area contributed by atoms with Crippen LogP contribution in [0, 0.1) is 0 Å². The number of ether oxygens (including phenoxy) is 2. The Hall–Kier alpha value is -3.35. The summed E-state index contributed by atoms with van der Waals surface area (Å²) < 4.78 is 11.7. The lowest BCUT2D eigenvalue weighted by Gasteiger charge is -2.17. The molecular weight excluding hydrogens is 334 g/mol. The monoisotopic (exact) mass is 353 g/mol. The SMILES string of the molecule is COc1ccc(NC(=O)[C@H](C)n2cnc3ccccc3c2=O)c(OC)c1. The first-order valence-corrected chi connectivity index (χ1v) is 8.04. The number of hydrogen-bond donors (Lipinski definition) is 1. The van der Waals surface area contributed by atoms with Gasteiger partial charge in [-0.15, -0.1) is 0 Å². The van der Waals surface area contributed by atoms with Gasteiger partial charge in [-0.1, -0.05) is 12.1 Å². The summed E-state index contributed by atoms with van der Waals surface area (Å²) in [5.74, 6) is 0.726. The van der Waals surface area contributed by atoms with Gasteiger partial charge in [0.1, 0.15) is 17.5 Å². The van der Waals surface area contributed by atoms with Gasteiger partial charge in [0.05, 0.1) is 37.1 Å². The highest BCUT2D eigenvalue weighted by atomic mass is 16.5. The third-order valence-electron chi connectivity index (χ3n) is 4.15. The third kappa shape index (κ3) is 3.23. The summed E-state index contributed by atoms with van der Waals surface area (Å²) in [7, 11) is 3.06. The summed E-state index contributed by atoms with van der Waals surface area (Å²) in [4.78, 5) is 29.5. The molecule has 0 aliphatic heterocycles. The number of aromatic nitrogens is 2. The molecule has 7 heteroatoms. The van der Waals surface area contributed by atoms with Gasteiger partial charge >= 0.3 is 0 Å². The zero-order valence-corrected chi connectivity index (χ0v) is 14.7. The highest BCUT2D eigenvalue weighted by Gasteiger charge is 2.19. The Balaban J connectivity index is 1.89. The van der Waals surface area contributed by atoms with Gasteiger partial charge in [-0.25, -0.2) is 4.98 Å². The van der Waals surface area contributed by atoms with E-state index in [-0.39, 0.29) is 11.5 Å². The quantitative estimate of drug-likeness (QED) is 0.762. The molecule has 1 N–H and O–H groups in total. The second-order valence-corrected chi connectivity index (χ2v) is 5.71. The van der Waals surface area contributed by atoms with Gasteiger partial charge in [0.25, 0.3) is 5.56 Å². The van der Waals surface area contributed by atoms with Crippen molar-refractivity contribution < 1.29 is 14.3 Å². The first-order chi connectivity index (χ1) is 12.5. The van der Waals surface area contributed by atoms with E-state index in [1.807, 2.05) is 6.07 Å². The zero-order chi connectivity index (χ0) is 18.7. The van der Waals surface area contributed by atoms with Crippen LogP contribution in [0.15, 0.2) is 53.6 Å². The van der Waals surface area contributed by atoms with Crippen molar-refractivity contribution in [3.05, 3.63) is 59.1 Å². The van der Waals surface area contributed by atoms with E-state index in [0.717, 1.165) is 0 Å². The van der Waals surface area contributed by atoms with E-state index in [9.17, 15) is 9.59 Å². The molecule has 0 saturated carbocycles. The van der Waals surface area contributed by atoms with Crippen molar-refractivity contribution in [3.63, 3.8) is 0 Å². The number of amides is 1. The number of anilines is 1. The van der Waals surface area contributed by atoms with Crippen molar-refractivity contribution in [2.75, 3.05) is 19.5 Å². The molecule has 0 unspecified atom stereocenters. The number of carbonyl (C=O) groups is 1. The topological polar surface area (TPSA) is 82.5 Å². The lowest BCUT2D eigenvalue weighted by atomic mass is 10.2. The van der Waals surface area contributed by atoms with Gasteiger partial charge in [0.2, 0.25) is 5.91 Å². The Morgan fingerprint density at radius 1 is 1.15 bits per heavy atom. The summed E-state index contributed by atoms with van der Waals surface area (Å²) in [5, 5.41) is 3.25. The van der Waals surface area contributed by atoms with Crippen LogP contribution in [-0.2, 0) is 4.79 Å². The summed E-state index contributed by atoms with van der Waals surface area (Å²) in [6.45, 7) is 1.64. The van der Waals surface area contributed by atoms with Gasteiger partial charge in [0.15, 0.2) is 0 Å². The molecule has 2 aromatic carbocycles. The van der Waals surface area contributed by atoms with Crippen molar-refractivity contribution in [1.82, 2.24) is 9.55 Å². The smallest absolute Gasteiger partial charge is 0.261 e. The van der Waals surface area contributed by atoms with E-state index in [4.69, 9.17) is 9.47 Å². The van der Waals surface area contributed by atoms with Gasteiger partial charge in [-0.2, -0.15) is 0 Å². The van der Waals surface area contributed by atoms with Crippen molar-refractivity contribution in [2.45, 2.75) is 13.0 Å². The van der Waals surface area contributed by atoms with Crippen LogP contribution in [0.1, 0.15) is 13.0 Å². The molecule has 0 radical (unpaired) electrons. The summed E-state index contributed by atoms with van der Waals surface area (Å²) in [6, 6.07) is 11.4. The largest absolute Gasteiger partial charge is 0.497 e. The van der Waals surface area contributed by atoms with Crippen LogP contribution in [-0.4, -0.2) is 29.7 Å². The van der Waals surface area contributed by atoms with Crippen LogP contribution in [0.4, 0.5) is 5.69 Å². The average molecular weight is 353 g/mol. The number of carbonyl (C=O) groups excluding carboxylic acids is 1. The number of nitrogens with zero attached hydrogens (tertiary/aromatic N) is 2. The minimum absolute atomic E-state index is 0.264. The second-order valence-electron chi connectivity index (χ2n) is 5.71. The first-order valence-electron chi connectivity index (χ1n) is 8.04. The molecule has 1 amide bonds. The molecule has 1 atom stereocenters. The fourth-order valence-corrected chi connectivity index (χ4v) is 2.62. The number of rotatable bonds is 5. The Kier molecular flexibility index (Phi) is 4.88. The maximum absolute atomic E-state index is 12.6. The molecular formula is C19H19N3O4. The van der Waals surface area contributed by atoms with Crippen molar-refractivity contribution in [3.8, 4) is 11.5 Å². The molecule has 0 fully saturated rings. The van der Waals surface area contributed by atoms with Crippen LogP contribution in [0.3, 0.4) is 0 Å². The molecule has 26 heavy (non-hydrogen) atoms. The molecule has 1 heterocycles. The molecule has 1 aromatic heterocycles. The van der Waals surface area contributed by atoms with Crippen molar-refractivity contribution in [2.24, 2.45) is 0 Å².